The maximum atomic E-state index is 11.5. The van der Waals surface area contributed by atoms with Gasteiger partial charge in [0.2, 0.25) is 5.95 Å². The molecule has 15 rings (SSSR count). The molecule has 76 heavy (non-hydrogen) atoms. The van der Waals surface area contributed by atoms with Crippen LogP contribution in [0.15, 0.2) is 278 Å². The summed E-state index contributed by atoms with van der Waals surface area (Å²) in [5.41, 5.74) is -10.9. The molecule has 6 nitrogen and oxygen atoms in total. The minimum atomic E-state index is -7.12. The molecule has 0 amide bonds. The first kappa shape index (κ1) is 17.6. The molecule has 4 heterocycles. The molecule has 15 aromatic rings. The predicted molar refractivity (Wildman–Crippen MR) is 317 cm³/mol. The van der Waals surface area contributed by atoms with E-state index in [0.717, 1.165) is 0 Å². The van der Waals surface area contributed by atoms with Crippen LogP contribution in [0.3, 0.4) is 0 Å². The van der Waals surface area contributed by atoms with Crippen LogP contribution >= 0.6 is 0 Å². The lowest BCUT2D eigenvalue weighted by Crippen LogP contribution is -2.74. The van der Waals surface area contributed by atoms with Gasteiger partial charge in [0.1, 0.15) is 0 Å². The fourth-order valence-corrected chi connectivity index (χ4v) is 12.7. The minimum absolute atomic E-state index is 0.385. The lowest BCUT2D eigenvalue weighted by Gasteiger charge is -2.35. The first-order chi connectivity index (χ1) is 56.8. The first-order valence-corrected chi connectivity index (χ1v) is 24.1. The summed E-state index contributed by atoms with van der Waals surface area (Å²) >= 11 is 0. The van der Waals surface area contributed by atoms with E-state index in [2.05, 4.69) is 9.97 Å². The Bertz CT molecular complexity index is 7100. The zero-order valence-electron chi connectivity index (χ0n) is 83.7. The van der Waals surface area contributed by atoms with Crippen LogP contribution in [0.5, 0.6) is 0 Å². The minimum Gasteiger partial charge on any atom is -0.309 e. The van der Waals surface area contributed by atoms with E-state index >= 15 is 0 Å². The monoisotopic (exact) mass is 1030 g/mol. The van der Waals surface area contributed by atoms with Crippen molar-refractivity contribution in [3.8, 4) is 40.1 Å². The Kier molecular flexibility index (Phi) is 4.08. The van der Waals surface area contributed by atoms with Gasteiger partial charge >= 0.3 is 0 Å². The fourth-order valence-electron chi connectivity index (χ4n) is 9.13. The highest BCUT2D eigenvalue weighted by Crippen LogP contribution is 2.40. The number of para-hydroxylation sites is 5. The highest BCUT2D eigenvalue weighted by Gasteiger charge is 2.42. The molecule has 0 aliphatic rings. The van der Waals surface area contributed by atoms with Crippen LogP contribution in [0.25, 0.3) is 106 Å². The Hall–Kier alpha value is -9.95. The molecule has 0 N–H and O–H groups in total. The average Bonchev–Trinajstić information content (AvgIpc) is 1.27. The third kappa shape index (κ3) is 6.69. The van der Waals surface area contributed by atoms with Gasteiger partial charge in [-0.3, -0.25) is 4.57 Å². The highest BCUT2D eigenvalue weighted by atomic mass is 28.3. The predicted octanol–water partition coefficient (Wildman–Crippen LogP) is 13.9. The molecule has 0 saturated carbocycles. The standard InChI is InChI=1S/C69H46N6Si/c1-5-23-47(24-6-1)67-70-68(72-69(71-67)75-63-39-21-15-33-55(63)56-34-16-22-40-64(56)75)59-46-52(76(49-25-7-2-8-26-49,50-27-9-3-10-28-50)51-29-11-4-12-30-51)42-44-66(59)74-62-38-20-17-35-57(62)58-45-48(41-43-65(58)74)73-60-36-18-13-31-53(60)54-32-14-19-37-61(54)73/h1-46H/i1D,2D,3D,4D,5D,6D,7D,8D,9D,10D,11D,12D,13D,14D,15D,16D,17D,18D,19D,20D,21D,22D,23D,24D,25D,26D,27D,28D,29D,30D,31D,32D,33D,34D,35D,36D,37D,38D,39D,40D,41D,42D,43D,44D,45D,46D. The fraction of sp³-hybridized carbons (Fsp3) is 0. The molecule has 7 heteroatoms. The number of nitrogens with zero attached hydrogens (tertiary/aromatic N) is 6. The second-order valence-corrected chi connectivity index (χ2v) is 19.6. The van der Waals surface area contributed by atoms with E-state index in [0.29, 0.717) is 13.7 Å². The second-order valence-electron chi connectivity index (χ2n) is 16.1. The molecule has 0 aliphatic heterocycles. The molecule has 0 unspecified atom stereocenters. The molecule has 0 fully saturated rings. The van der Waals surface area contributed by atoms with Gasteiger partial charge in [0.25, 0.3) is 0 Å². The summed E-state index contributed by atoms with van der Waals surface area (Å²) in [4.78, 5) is 13.8. The molecule has 0 atom stereocenters. The van der Waals surface area contributed by atoms with E-state index in [1.165, 1.54) is 0 Å². The molecule has 4 aromatic heterocycles. The molecule has 0 saturated heterocycles. The zero-order valence-corrected chi connectivity index (χ0v) is 38.7. The zero-order chi connectivity index (χ0) is 90.2. The largest absolute Gasteiger partial charge is 0.309 e. The first-order valence-electron chi connectivity index (χ1n) is 45.1. The van der Waals surface area contributed by atoms with E-state index in [1.54, 1.807) is 0 Å². The highest BCUT2D eigenvalue weighted by molar-refractivity contribution is 7.20. The number of benzene rings is 11. The van der Waals surface area contributed by atoms with Gasteiger partial charge in [-0.05, 0) is 81.2 Å². The topological polar surface area (TPSA) is 53.5 Å². The van der Waals surface area contributed by atoms with Crippen LogP contribution in [-0.4, -0.2) is 36.7 Å². The van der Waals surface area contributed by atoms with Gasteiger partial charge in [0, 0.05) is 49.1 Å². The molecular weight excluding hydrogens is 941 g/mol. The van der Waals surface area contributed by atoms with E-state index in [4.69, 9.17) is 24.2 Å². The summed E-state index contributed by atoms with van der Waals surface area (Å²) in [6.07, 6.45) is 0. The molecule has 0 spiro atoms. The van der Waals surface area contributed by atoms with Gasteiger partial charge < -0.3 is 9.13 Å². The Morgan fingerprint density at radius 1 is 0.289 bits per heavy atom. The summed E-state index contributed by atoms with van der Waals surface area (Å²) in [7, 11) is -7.12. The van der Waals surface area contributed by atoms with Crippen molar-refractivity contribution >= 4 is 94.2 Å². The number of hydrogen-bond acceptors (Lipinski definition) is 3. The maximum Gasteiger partial charge on any atom is 0.238 e. The lowest BCUT2D eigenvalue weighted by molar-refractivity contribution is 0.952. The van der Waals surface area contributed by atoms with Crippen molar-refractivity contribution in [2.24, 2.45) is 0 Å². The van der Waals surface area contributed by atoms with Crippen LogP contribution in [0.4, 0.5) is 0 Å². The van der Waals surface area contributed by atoms with Crippen LogP contribution in [0.1, 0.15) is 63.1 Å². The summed E-state index contributed by atoms with van der Waals surface area (Å²) < 4.78 is 439. The SMILES string of the molecule is [2H]c1c([2H])c([2H])c(-c2nc(-c3c([2H])c([Si](c4c([2H])c([2H])c([2H])c([2H])c4[2H])(c4c([2H])c([2H])c([2H])c([2H])c4[2H])c4c([2H])c([2H])c([2H])c([2H])c4[2H])c([2H])c([2H])c3-n3c4c([2H])c([2H])c([2H])c([2H])c4c4c([2H])c(-n5c6c([2H])c([2H])c([2H])c([2H])c6c6c([2H])c([2H])c([2H])c([2H])c65)c([2H])c([2H])c43)nc(-n3c4c([2H])c([2H])c([2H])c([2H])c4c4c([2H])c([2H])c([2H])c([2H])c43)n2)c([2H])c1[2H]. The smallest absolute Gasteiger partial charge is 0.238 e. The maximum absolute atomic E-state index is 11.5. The molecule has 11 aromatic carbocycles. The van der Waals surface area contributed by atoms with Crippen LogP contribution < -0.4 is 20.7 Å². The van der Waals surface area contributed by atoms with Crippen molar-refractivity contribution in [2.75, 3.05) is 0 Å². The summed E-state index contributed by atoms with van der Waals surface area (Å²) in [5.74, 6) is -4.15. The van der Waals surface area contributed by atoms with E-state index in [-0.39, 0.29) is 0 Å². The van der Waals surface area contributed by atoms with Crippen molar-refractivity contribution in [1.29, 1.82) is 0 Å². The van der Waals surface area contributed by atoms with Crippen LogP contribution in [0, 0.1) is 0 Å². The number of hydrogen-bond donors (Lipinski definition) is 0. The third-order valence-electron chi connectivity index (χ3n) is 12.2. The number of rotatable bonds is 9. The van der Waals surface area contributed by atoms with Crippen molar-refractivity contribution in [3.63, 3.8) is 0 Å². The van der Waals surface area contributed by atoms with Gasteiger partial charge in [-0.1, -0.05) is 218 Å². The van der Waals surface area contributed by atoms with Gasteiger partial charge in [0.05, 0.1) is 102 Å². The van der Waals surface area contributed by atoms with Crippen molar-refractivity contribution in [1.82, 2.24) is 28.7 Å². The molecular formula is C69H46N6Si. The molecule has 0 radical (unpaired) electrons. The quantitative estimate of drug-likeness (QED) is 0.107. The van der Waals surface area contributed by atoms with Crippen LogP contribution in [0.2, 0.25) is 0 Å². The molecule has 356 valence electrons. The van der Waals surface area contributed by atoms with Crippen LogP contribution in [-0.2, 0) is 0 Å². The number of aromatic nitrogens is 6. The molecule has 0 aliphatic carbocycles. The van der Waals surface area contributed by atoms with Gasteiger partial charge in [0.15, 0.2) is 19.7 Å². The second kappa shape index (κ2) is 17.6. The summed E-state index contributed by atoms with van der Waals surface area (Å²) in [5, 5.41) is -10.8. The van der Waals surface area contributed by atoms with Gasteiger partial charge in [-0.15, -0.1) is 0 Å². The van der Waals surface area contributed by atoms with Gasteiger partial charge in [-0.25, -0.2) is 4.98 Å². The summed E-state index contributed by atoms with van der Waals surface area (Å²) in [6.45, 7) is 0. The van der Waals surface area contributed by atoms with E-state index < -0.39 is 412 Å². The van der Waals surface area contributed by atoms with E-state index in [1.807, 2.05) is 0 Å². The molecule has 0 bridgehead atoms. The van der Waals surface area contributed by atoms with Crippen molar-refractivity contribution in [3.05, 3.63) is 278 Å². The van der Waals surface area contributed by atoms with Crippen molar-refractivity contribution in [2.45, 2.75) is 0 Å². The lowest BCUT2D eigenvalue weighted by atomic mass is 10.1. The normalized spacial score (nSPS) is 20.4. The number of fused-ring (bicyclic) bond motifs is 9. The Labute approximate surface area is 504 Å². The van der Waals surface area contributed by atoms with E-state index in [9.17, 15) is 43.9 Å². The summed E-state index contributed by atoms with van der Waals surface area (Å²) in [6, 6.07) is -58.9. The van der Waals surface area contributed by atoms with Crippen molar-refractivity contribution < 1.29 is 63.1 Å². The Morgan fingerprint density at radius 3 is 1.18 bits per heavy atom. The van der Waals surface area contributed by atoms with Gasteiger partial charge in [-0.2, -0.15) is 9.97 Å². The Balaban J connectivity index is 1.31. The average molecular weight is 1030 g/mol. The Morgan fingerprint density at radius 2 is 0.684 bits per heavy atom. The third-order valence-corrected chi connectivity index (χ3v) is 16.2.